The van der Waals surface area contributed by atoms with Crippen LogP contribution < -0.4 is 16.2 Å². The van der Waals surface area contributed by atoms with Gasteiger partial charge < -0.3 is 16.2 Å². The zero-order valence-electron chi connectivity index (χ0n) is 14.7. The number of amides is 1. The van der Waals surface area contributed by atoms with E-state index in [1.54, 1.807) is 4.68 Å². The summed E-state index contributed by atoms with van der Waals surface area (Å²) in [6.07, 6.45) is 2.36. The van der Waals surface area contributed by atoms with Gasteiger partial charge in [0.2, 0.25) is 0 Å². The maximum atomic E-state index is 12.0. The molecule has 0 unspecified atom stereocenters. The first kappa shape index (κ1) is 16.4. The minimum atomic E-state index is -0.550. The number of carbonyl (C=O) groups is 1. The first-order valence-corrected chi connectivity index (χ1v) is 8.90. The van der Waals surface area contributed by atoms with Crippen LogP contribution in [-0.2, 0) is 6.54 Å². The molecule has 0 saturated heterocycles. The van der Waals surface area contributed by atoms with Gasteiger partial charge in [0.05, 0.1) is 6.61 Å². The molecule has 26 heavy (non-hydrogen) atoms. The fraction of sp³-hybridized carbons (Fsp3) is 0.300. The lowest BCUT2D eigenvalue weighted by Crippen LogP contribution is -2.14. The normalized spacial score (nSPS) is 13.9. The van der Waals surface area contributed by atoms with E-state index in [1.807, 2.05) is 43.3 Å². The molecule has 1 aromatic heterocycles. The van der Waals surface area contributed by atoms with Gasteiger partial charge in [-0.2, -0.15) is 5.10 Å². The van der Waals surface area contributed by atoms with Crippen molar-refractivity contribution in [3.8, 4) is 17.0 Å². The molecule has 0 radical (unpaired) electrons. The van der Waals surface area contributed by atoms with Crippen LogP contribution in [0.25, 0.3) is 22.0 Å². The molecule has 1 aliphatic rings. The van der Waals surface area contributed by atoms with Crippen molar-refractivity contribution in [3.63, 3.8) is 0 Å². The summed E-state index contributed by atoms with van der Waals surface area (Å²) in [5.74, 6) is 1.24. The van der Waals surface area contributed by atoms with Crippen molar-refractivity contribution in [2.75, 3.05) is 12.3 Å². The van der Waals surface area contributed by atoms with Crippen molar-refractivity contribution in [3.05, 3.63) is 42.0 Å². The predicted molar refractivity (Wildman–Crippen MR) is 102 cm³/mol. The molecule has 1 amide bonds. The van der Waals surface area contributed by atoms with E-state index in [0.717, 1.165) is 28.6 Å². The molecule has 6 heteroatoms. The maximum Gasteiger partial charge on any atom is 0.254 e. The maximum absolute atomic E-state index is 12.0. The Labute approximate surface area is 151 Å². The monoisotopic (exact) mass is 350 g/mol. The predicted octanol–water partition coefficient (Wildman–Crippen LogP) is 3.19. The third-order valence-corrected chi connectivity index (χ3v) is 4.76. The molecule has 1 saturated carbocycles. The van der Waals surface area contributed by atoms with Gasteiger partial charge in [0, 0.05) is 12.1 Å². The second kappa shape index (κ2) is 6.37. The number of aromatic nitrogens is 2. The Bertz CT molecular complexity index is 989. The summed E-state index contributed by atoms with van der Waals surface area (Å²) >= 11 is 0. The van der Waals surface area contributed by atoms with Gasteiger partial charge in [-0.1, -0.05) is 18.2 Å². The van der Waals surface area contributed by atoms with E-state index in [4.69, 9.17) is 16.2 Å². The summed E-state index contributed by atoms with van der Waals surface area (Å²) < 4.78 is 7.27. The van der Waals surface area contributed by atoms with Gasteiger partial charge in [0.1, 0.15) is 22.8 Å². The standard InChI is InChI=1S/C20H22N4O2/c1-2-26-16-8-7-13-9-15(6-5-14(13)10-16)18-17(20(22)25)19(21)24(23-18)11-12-3-4-12/h5-10,12H,2-4,11,21H2,1H3,(H2,22,25). The molecule has 2 aromatic carbocycles. The SMILES string of the molecule is CCOc1ccc2cc(-c3nn(CC4CC4)c(N)c3C(N)=O)ccc2c1. The van der Waals surface area contributed by atoms with Gasteiger partial charge in [0.15, 0.2) is 0 Å². The Morgan fingerprint density at radius 2 is 1.96 bits per heavy atom. The Kier molecular flexibility index (Phi) is 4.03. The van der Waals surface area contributed by atoms with Crippen LogP contribution in [0.5, 0.6) is 5.75 Å². The highest BCUT2D eigenvalue weighted by atomic mass is 16.5. The molecule has 1 heterocycles. The third-order valence-electron chi connectivity index (χ3n) is 4.76. The summed E-state index contributed by atoms with van der Waals surface area (Å²) in [5, 5.41) is 6.70. The number of benzene rings is 2. The highest BCUT2D eigenvalue weighted by Crippen LogP contribution is 2.34. The highest BCUT2D eigenvalue weighted by Gasteiger charge is 2.27. The van der Waals surface area contributed by atoms with Crippen molar-refractivity contribution in [2.24, 2.45) is 11.7 Å². The molecule has 134 valence electrons. The van der Waals surface area contributed by atoms with E-state index in [-0.39, 0.29) is 0 Å². The number of nitrogen functional groups attached to an aromatic ring is 1. The topological polar surface area (TPSA) is 96.2 Å². The number of nitrogens with zero attached hydrogens (tertiary/aromatic N) is 2. The van der Waals surface area contributed by atoms with Crippen LogP contribution in [0.1, 0.15) is 30.1 Å². The lowest BCUT2D eigenvalue weighted by Gasteiger charge is -2.06. The van der Waals surface area contributed by atoms with Crippen LogP contribution in [0.2, 0.25) is 0 Å². The number of ether oxygens (including phenoxy) is 1. The Morgan fingerprint density at radius 3 is 2.65 bits per heavy atom. The lowest BCUT2D eigenvalue weighted by molar-refractivity contribution is 0.100. The van der Waals surface area contributed by atoms with E-state index in [2.05, 4.69) is 5.10 Å². The number of nitrogens with two attached hydrogens (primary N) is 2. The Hall–Kier alpha value is -3.02. The molecule has 4 N–H and O–H groups in total. The van der Waals surface area contributed by atoms with Crippen molar-refractivity contribution in [1.29, 1.82) is 0 Å². The fourth-order valence-electron chi connectivity index (χ4n) is 3.23. The van der Waals surface area contributed by atoms with E-state index < -0.39 is 5.91 Å². The molecule has 0 atom stereocenters. The van der Waals surface area contributed by atoms with Gasteiger partial charge in [-0.05, 0) is 54.7 Å². The van der Waals surface area contributed by atoms with E-state index in [9.17, 15) is 4.79 Å². The summed E-state index contributed by atoms with van der Waals surface area (Å²) in [6, 6.07) is 11.9. The van der Waals surface area contributed by atoms with Gasteiger partial charge in [0.25, 0.3) is 5.91 Å². The zero-order valence-corrected chi connectivity index (χ0v) is 14.7. The number of anilines is 1. The molecule has 4 rings (SSSR count). The van der Waals surface area contributed by atoms with Crippen LogP contribution in [0, 0.1) is 5.92 Å². The van der Waals surface area contributed by atoms with E-state index >= 15 is 0 Å². The molecular formula is C20H22N4O2. The molecule has 6 nitrogen and oxygen atoms in total. The number of primary amides is 1. The lowest BCUT2D eigenvalue weighted by atomic mass is 10.0. The summed E-state index contributed by atoms with van der Waals surface area (Å²) in [5.41, 5.74) is 13.4. The number of hydrogen-bond acceptors (Lipinski definition) is 4. The summed E-state index contributed by atoms with van der Waals surface area (Å²) in [4.78, 5) is 12.0. The van der Waals surface area contributed by atoms with Crippen LogP contribution in [0.4, 0.5) is 5.82 Å². The van der Waals surface area contributed by atoms with Crippen LogP contribution in [-0.4, -0.2) is 22.3 Å². The van der Waals surface area contributed by atoms with Crippen molar-refractivity contribution < 1.29 is 9.53 Å². The third kappa shape index (κ3) is 2.98. The molecule has 0 spiro atoms. The summed E-state index contributed by atoms with van der Waals surface area (Å²) in [6.45, 7) is 3.32. The fourth-order valence-corrected chi connectivity index (χ4v) is 3.23. The number of carbonyl (C=O) groups excluding carboxylic acids is 1. The molecular weight excluding hydrogens is 328 g/mol. The second-order valence-electron chi connectivity index (χ2n) is 6.76. The zero-order chi connectivity index (χ0) is 18.3. The quantitative estimate of drug-likeness (QED) is 0.713. The van der Waals surface area contributed by atoms with Crippen LogP contribution >= 0.6 is 0 Å². The first-order valence-electron chi connectivity index (χ1n) is 8.90. The minimum absolute atomic E-state index is 0.302. The van der Waals surface area contributed by atoms with Crippen LogP contribution in [0.15, 0.2) is 36.4 Å². The largest absolute Gasteiger partial charge is 0.494 e. The molecule has 1 fully saturated rings. The molecule has 1 aliphatic carbocycles. The smallest absolute Gasteiger partial charge is 0.254 e. The second-order valence-corrected chi connectivity index (χ2v) is 6.76. The first-order chi connectivity index (χ1) is 12.6. The average Bonchev–Trinajstić information content (AvgIpc) is 3.37. The van der Waals surface area contributed by atoms with Crippen LogP contribution in [0.3, 0.4) is 0 Å². The van der Waals surface area contributed by atoms with Gasteiger partial charge in [-0.3, -0.25) is 4.79 Å². The van der Waals surface area contributed by atoms with Gasteiger partial charge >= 0.3 is 0 Å². The summed E-state index contributed by atoms with van der Waals surface area (Å²) in [7, 11) is 0. The highest BCUT2D eigenvalue weighted by molar-refractivity contribution is 6.04. The Balaban J connectivity index is 1.78. The molecule has 0 bridgehead atoms. The molecule has 3 aromatic rings. The molecule has 0 aliphatic heterocycles. The van der Waals surface area contributed by atoms with Crippen molar-refractivity contribution in [2.45, 2.75) is 26.3 Å². The number of fused-ring (bicyclic) bond motifs is 1. The average molecular weight is 350 g/mol. The Morgan fingerprint density at radius 1 is 1.23 bits per heavy atom. The number of hydrogen-bond donors (Lipinski definition) is 2. The van der Waals surface area contributed by atoms with Gasteiger partial charge in [-0.25, -0.2) is 4.68 Å². The minimum Gasteiger partial charge on any atom is -0.494 e. The number of rotatable bonds is 6. The van der Waals surface area contributed by atoms with Crippen molar-refractivity contribution >= 4 is 22.5 Å². The van der Waals surface area contributed by atoms with Gasteiger partial charge in [-0.15, -0.1) is 0 Å². The van der Waals surface area contributed by atoms with E-state index in [0.29, 0.717) is 29.6 Å². The van der Waals surface area contributed by atoms with Crippen molar-refractivity contribution in [1.82, 2.24) is 9.78 Å². The van der Waals surface area contributed by atoms with E-state index in [1.165, 1.54) is 12.8 Å².